The quantitative estimate of drug-likeness (QED) is 0.355. The maximum atomic E-state index is 13.8. The second kappa shape index (κ2) is 8.91. The lowest BCUT2D eigenvalue weighted by Crippen LogP contribution is -2.07. The average Bonchev–Trinajstić information content (AvgIpc) is 3.05. The average molecular weight is 439 g/mol. The van der Waals surface area contributed by atoms with E-state index in [9.17, 15) is 22.4 Å². The van der Waals surface area contributed by atoms with Gasteiger partial charge in [0.25, 0.3) is 0 Å². The Hall–Kier alpha value is -2.81. The third-order valence-corrected chi connectivity index (χ3v) is 5.30. The van der Waals surface area contributed by atoms with Crippen LogP contribution in [0.3, 0.4) is 0 Å². The van der Waals surface area contributed by atoms with Crippen LogP contribution in [0, 0.1) is 12.7 Å². The van der Waals surface area contributed by atoms with Gasteiger partial charge < -0.3 is 9.52 Å². The second-order valence-corrected chi connectivity index (χ2v) is 7.60. The van der Waals surface area contributed by atoms with Crippen molar-refractivity contribution in [1.82, 2.24) is 4.98 Å². The molecule has 0 saturated carbocycles. The molecule has 0 aliphatic rings. The molecular weight excluding hydrogens is 422 g/mol. The predicted octanol–water partition coefficient (Wildman–Crippen LogP) is 6.12. The summed E-state index contributed by atoms with van der Waals surface area (Å²) in [5.41, 5.74) is 0.237. The lowest BCUT2D eigenvalue weighted by molar-refractivity contribution is -0.140. The molecule has 0 aliphatic heterocycles. The molecule has 2 aromatic carbocycles. The molecule has 3 aromatic rings. The van der Waals surface area contributed by atoms with Gasteiger partial charge in [0.2, 0.25) is 5.89 Å². The monoisotopic (exact) mass is 439 g/mol. The summed E-state index contributed by atoms with van der Waals surface area (Å²) < 4.78 is 57.6. The van der Waals surface area contributed by atoms with Gasteiger partial charge in [0.1, 0.15) is 11.6 Å². The SMILES string of the molecule is Cc1nc(-c2ccc(C(F)(F)F)c(F)c2)oc1CSc1cccc(CCC(=O)O)c1. The number of carbonyl (C=O) groups is 1. The van der Waals surface area contributed by atoms with Crippen LogP contribution < -0.4 is 0 Å². The van der Waals surface area contributed by atoms with Crippen LogP contribution in [0.5, 0.6) is 0 Å². The number of benzene rings is 2. The Bertz CT molecular complexity index is 1060. The van der Waals surface area contributed by atoms with Crippen LogP contribution in [0.4, 0.5) is 17.6 Å². The van der Waals surface area contributed by atoms with Gasteiger partial charge in [-0.05, 0) is 49.2 Å². The number of halogens is 4. The highest BCUT2D eigenvalue weighted by molar-refractivity contribution is 7.98. The minimum atomic E-state index is -4.77. The number of rotatable bonds is 7. The Morgan fingerprint density at radius 3 is 2.63 bits per heavy atom. The summed E-state index contributed by atoms with van der Waals surface area (Å²) in [6.07, 6.45) is -4.30. The maximum Gasteiger partial charge on any atom is 0.419 e. The Kier molecular flexibility index (Phi) is 6.50. The second-order valence-electron chi connectivity index (χ2n) is 6.55. The molecule has 0 bridgehead atoms. The molecule has 1 N–H and O–H groups in total. The maximum absolute atomic E-state index is 13.8. The number of carboxylic acid groups (broad SMARTS) is 1. The van der Waals surface area contributed by atoms with Crippen molar-refractivity contribution in [3.63, 3.8) is 0 Å². The van der Waals surface area contributed by atoms with E-state index in [-0.39, 0.29) is 17.9 Å². The molecule has 4 nitrogen and oxygen atoms in total. The largest absolute Gasteiger partial charge is 0.481 e. The third-order valence-electron chi connectivity index (χ3n) is 4.31. The fourth-order valence-corrected chi connectivity index (χ4v) is 3.73. The van der Waals surface area contributed by atoms with E-state index >= 15 is 0 Å². The zero-order chi connectivity index (χ0) is 21.9. The number of nitrogens with zero attached hydrogens (tertiary/aromatic N) is 1. The summed E-state index contributed by atoms with van der Waals surface area (Å²) in [6, 6.07) is 10.0. The van der Waals surface area contributed by atoms with Gasteiger partial charge in [-0.2, -0.15) is 13.2 Å². The first-order chi connectivity index (χ1) is 14.1. The summed E-state index contributed by atoms with van der Waals surface area (Å²) in [6.45, 7) is 1.70. The number of alkyl halides is 3. The van der Waals surface area contributed by atoms with Crippen molar-refractivity contribution >= 4 is 17.7 Å². The first kappa shape index (κ1) is 21.9. The molecule has 0 saturated heterocycles. The van der Waals surface area contributed by atoms with E-state index in [1.807, 2.05) is 24.3 Å². The molecule has 0 aliphatic carbocycles. The highest BCUT2D eigenvalue weighted by atomic mass is 32.2. The minimum Gasteiger partial charge on any atom is -0.481 e. The van der Waals surface area contributed by atoms with Gasteiger partial charge in [-0.15, -0.1) is 11.8 Å². The summed E-state index contributed by atoms with van der Waals surface area (Å²) in [5.74, 6) is -1.27. The number of thioether (sulfide) groups is 1. The lowest BCUT2D eigenvalue weighted by atomic mass is 10.1. The molecule has 1 heterocycles. The lowest BCUT2D eigenvalue weighted by Gasteiger charge is -2.08. The fraction of sp³-hybridized carbons (Fsp3) is 0.238. The van der Waals surface area contributed by atoms with Gasteiger partial charge in [-0.1, -0.05) is 12.1 Å². The number of carboxylic acids is 1. The molecule has 0 spiro atoms. The highest BCUT2D eigenvalue weighted by Gasteiger charge is 2.34. The zero-order valence-corrected chi connectivity index (χ0v) is 16.6. The van der Waals surface area contributed by atoms with Crippen molar-refractivity contribution in [2.75, 3.05) is 0 Å². The number of aryl methyl sites for hydroxylation is 2. The number of hydrogen-bond donors (Lipinski definition) is 1. The van der Waals surface area contributed by atoms with Gasteiger partial charge >= 0.3 is 12.1 Å². The minimum absolute atomic E-state index is 0.0440. The first-order valence-corrected chi connectivity index (χ1v) is 9.89. The van der Waals surface area contributed by atoms with Crippen LogP contribution in [-0.4, -0.2) is 16.1 Å². The topological polar surface area (TPSA) is 63.3 Å². The molecule has 3 rings (SSSR count). The van der Waals surface area contributed by atoms with Crippen molar-refractivity contribution in [3.8, 4) is 11.5 Å². The van der Waals surface area contributed by atoms with Gasteiger partial charge in [0, 0.05) is 16.9 Å². The van der Waals surface area contributed by atoms with E-state index in [2.05, 4.69) is 4.98 Å². The van der Waals surface area contributed by atoms with Crippen molar-refractivity contribution < 1.29 is 31.9 Å². The standard InChI is InChI=1S/C21H17F4NO3S/c1-12-18(11-30-15-4-2-3-13(9-15)5-8-19(27)28)29-20(26-12)14-6-7-16(17(22)10-14)21(23,24)25/h2-4,6-7,9-10H,5,8,11H2,1H3,(H,27,28). The zero-order valence-electron chi connectivity index (χ0n) is 15.8. The summed E-state index contributed by atoms with van der Waals surface area (Å²) in [5, 5.41) is 8.79. The predicted molar refractivity (Wildman–Crippen MR) is 104 cm³/mol. The van der Waals surface area contributed by atoms with Gasteiger partial charge in [-0.3, -0.25) is 4.79 Å². The molecule has 0 atom stereocenters. The van der Waals surface area contributed by atoms with E-state index in [1.165, 1.54) is 11.8 Å². The Morgan fingerprint density at radius 2 is 1.97 bits per heavy atom. The van der Waals surface area contributed by atoms with Gasteiger partial charge in [0.05, 0.1) is 17.0 Å². The molecule has 9 heteroatoms. The van der Waals surface area contributed by atoms with Crippen molar-refractivity contribution in [3.05, 3.63) is 70.9 Å². The van der Waals surface area contributed by atoms with Crippen LogP contribution in [0.2, 0.25) is 0 Å². The molecule has 30 heavy (non-hydrogen) atoms. The van der Waals surface area contributed by atoms with E-state index < -0.39 is 23.5 Å². The number of hydrogen-bond acceptors (Lipinski definition) is 4. The Balaban J connectivity index is 1.72. The molecular formula is C21H17F4NO3S. The van der Waals surface area contributed by atoms with Gasteiger partial charge in [-0.25, -0.2) is 9.37 Å². The van der Waals surface area contributed by atoms with Crippen LogP contribution >= 0.6 is 11.8 Å². The first-order valence-electron chi connectivity index (χ1n) is 8.90. The van der Waals surface area contributed by atoms with Crippen LogP contribution in [-0.2, 0) is 23.1 Å². The van der Waals surface area contributed by atoms with E-state index in [4.69, 9.17) is 9.52 Å². The molecule has 0 amide bonds. The Labute approximate surface area is 173 Å². The molecule has 1 aromatic heterocycles. The van der Waals surface area contributed by atoms with Crippen molar-refractivity contribution in [2.45, 2.75) is 36.6 Å². The summed E-state index contributed by atoms with van der Waals surface area (Å²) in [4.78, 5) is 15.8. The summed E-state index contributed by atoms with van der Waals surface area (Å²) in [7, 11) is 0. The molecule has 0 fully saturated rings. The van der Waals surface area contributed by atoms with Crippen LogP contribution in [0.25, 0.3) is 11.5 Å². The van der Waals surface area contributed by atoms with E-state index in [1.54, 1.807) is 6.92 Å². The van der Waals surface area contributed by atoms with Crippen LogP contribution in [0.1, 0.15) is 29.0 Å². The highest BCUT2D eigenvalue weighted by Crippen LogP contribution is 2.34. The number of oxazole rings is 1. The molecule has 0 radical (unpaired) electrons. The van der Waals surface area contributed by atoms with E-state index in [0.717, 1.165) is 22.6 Å². The molecule has 158 valence electrons. The molecule has 0 unspecified atom stereocenters. The Morgan fingerprint density at radius 1 is 1.20 bits per heavy atom. The fourth-order valence-electron chi connectivity index (χ4n) is 2.75. The summed E-state index contributed by atoms with van der Waals surface area (Å²) >= 11 is 1.45. The normalized spacial score (nSPS) is 11.6. The van der Waals surface area contributed by atoms with Crippen molar-refractivity contribution in [1.29, 1.82) is 0 Å². The van der Waals surface area contributed by atoms with Gasteiger partial charge in [0.15, 0.2) is 0 Å². The number of aliphatic carboxylic acids is 1. The third kappa shape index (κ3) is 5.41. The van der Waals surface area contributed by atoms with E-state index in [0.29, 0.717) is 29.7 Å². The van der Waals surface area contributed by atoms with Crippen molar-refractivity contribution in [2.24, 2.45) is 0 Å². The number of aromatic nitrogens is 1. The van der Waals surface area contributed by atoms with Crippen LogP contribution in [0.15, 0.2) is 51.8 Å². The smallest absolute Gasteiger partial charge is 0.419 e.